The average Bonchev–Trinajstić information content (AvgIpc) is 2.42. The number of methoxy groups -OCH3 is 1. The Morgan fingerprint density at radius 3 is 2.84 bits per heavy atom. The molecule has 3 N–H and O–H groups in total. The standard InChI is InChI=1S/C13H26N2O3S/c1-13(17,5-8-18-2)10-15-12(16)9-19-11-3-6-14-7-4-11/h11,14,17H,3-10H2,1-2H3,(H,15,16). The minimum atomic E-state index is -0.898. The normalized spacial score (nSPS) is 19.9. The van der Waals surface area contributed by atoms with Gasteiger partial charge in [-0.3, -0.25) is 4.79 Å². The summed E-state index contributed by atoms with van der Waals surface area (Å²) in [5.74, 6) is 0.478. The van der Waals surface area contributed by atoms with Crippen molar-refractivity contribution in [3.8, 4) is 0 Å². The maximum atomic E-state index is 11.7. The van der Waals surface area contributed by atoms with E-state index in [1.165, 1.54) is 0 Å². The highest BCUT2D eigenvalue weighted by Gasteiger charge is 2.21. The van der Waals surface area contributed by atoms with Gasteiger partial charge in [0.2, 0.25) is 5.91 Å². The number of carbonyl (C=O) groups excluding carboxylic acids is 1. The predicted molar refractivity (Wildman–Crippen MR) is 78.5 cm³/mol. The number of aliphatic hydroxyl groups is 1. The van der Waals surface area contributed by atoms with Gasteiger partial charge in [0.1, 0.15) is 0 Å². The highest BCUT2D eigenvalue weighted by molar-refractivity contribution is 8.00. The van der Waals surface area contributed by atoms with E-state index in [9.17, 15) is 9.90 Å². The summed E-state index contributed by atoms with van der Waals surface area (Å²) in [6.07, 6.45) is 2.78. The first-order valence-electron chi connectivity index (χ1n) is 6.84. The van der Waals surface area contributed by atoms with Gasteiger partial charge in [0.25, 0.3) is 0 Å². The van der Waals surface area contributed by atoms with Gasteiger partial charge in [-0.15, -0.1) is 11.8 Å². The molecule has 1 unspecified atom stereocenters. The number of ether oxygens (including phenoxy) is 1. The third-order valence-corrected chi connectivity index (χ3v) is 4.62. The number of nitrogens with one attached hydrogen (secondary N) is 2. The van der Waals surface area contributed by atoms with Crippen LogP contribution in [0.5, 0.6) is 0 Å². The number of rotatable bonds is 8. The summed E-state index contributed by atoms with van der Waals surface area (Å²) >= 11 is 1.72. The fourth-order valence-electron chi connectivity index (χ4n) is 1.91. The van der Waals surface area contributed by atoms with Crippen molar-refractivity contribution in [2.75, 3.05) is 39.1 Å². The van der Waals surface area contributed by atoms with E-state index in [2.05, 4.69) is 10.6 Å². The summed E-state index contributed by atoms with van der Waals surface area (Å²) in [7, 11) is 1.60. The SMILES string of the molecule is COCCC(C)(O)CNC(=O)CSC1CCNCC1. The molecule has 1 heterocycles. The maximum Gasteiger partial charge on any atom is 0.230 e. The van der Waals surface area contributed by atoms with E-state index in [4.69, 9.17) is 4.74 Å². The molecule has 1 aliphatic heterocycles. The van der Waals surface area contributed by atoms with Crippen molar-refractivity contribution in [2.45, 2.75) is 37.0 Å². The van der Waals surface area contributed by atoms with Gasteiger partial charge in [-0.05, 0) is 32.9 Å². The van der Waals surface area contributed by atoms with E-state index < -0.39 is 5.60 Å². The van der Waals surface area contributed by atoms with Crippen LogP contribution < -0.4 is 10.6 Å². The Morgan fingerprint density at radius 2 is 2.21 bits per heavy atom. The van der Waals surface area contributed by atoms with Crippen LogP contribution in [0.1, 0.15) is 26.2 Å². The van der Waals surface area contributed by atoms with Crippen LogP contribution in [-0.2, 0) is 9.53 Å². The summed E-state index contributed by atoms with van der Waals surface area (Å²) < 4.78 is 4.93. The molecule has 0 aromatic carbocycles. The van der Waals surface area contributed by atoms with Gasteiger partial charge in [-0.25, -0.2) is 0 Å². The van der Waals surface area contributed by atoms with Crippen molar-refractivity contribution in [3.05, 3.63) is 0 Å². The van der Waals surface area contributed by atoms with Gasteiger partial charge in [0.05, 0.1) is 11.4 Å². The van der Waals surface area contributed by atoms with E-state index >= 15 is 0 Å². The zero-order chi connectivity index (χ0) is 14.1. The lowest BCUT2D eigenvalue weighted by Crippen LogP contribution is -2.42. The molecule has 0 bridgehead atoms. The summed E-state index contributed by atoms with van der Waals surface area (Å²) in [6, 6.07) is 0. The quantitative estimate of drug-likeness (QED) is 0.603. The van der Waals surface area contributed by atoms with Gasteiger partial charge in [-0.2, -0.15) is 0 Å². The summed E-state index contributed by atoms with van der Waals surface area (Å²) in [5.41, 5.74) is -0.898. The second-order valence-corrected chi connectivity index (χ2v) is 6.57. The molecule has 1 fully saturated rings. The fourth-order valence-corrected chi connectivity index (χ4v) is 2.96. The molecule has 0 saturated carbocycles. The molecule has 5 nitrogen and oxygen atoms in total. The molecular weight excluding hydrogens is 264 g/mol. The topological polar surface area (TPSA) is 70.6 Å². The first kappa shape index (κ1) is 16.8. The number of hydrogen-bond acceptors (Lipinski definition) is 5. The molecule has 1 rings (SSSR count). The van der Waals surface area contributed by atoms with Gasteiger partial charge in [-0.1, -0.05) is 0 Å². The molecular formula is C13H26N2O3S. The van der Waals surface area contributed by atoms with E-state index in [0.717, 1.165) is 25.9 Å². The lowest BCUT2D eigenvalue weighted by molar-refractivity contribution is -0.119. The van der Waals surface area contributed by atoms with Gasteiger partial charge in [0, 0.05) is 31.9 Å². The molecule has 0 radical (unpaired) electrons. The smallest absolute Gasteiger partial charge is 0.230 e. The minimum Gasteiger partial charge on any atom is -0.388 e. The van der Waals surface area contributed by atoms with E-state index in [1.54, 1.807) is 25.8 Å². The highest BCUT2D eigenvalue weighted by atomic mass is 32.2. The summed E-state index contributed by atoms with van der Waals surface area (Å²) in [6.45, 7) is 4.58. The number of thioether (sulfide) groups is 1. The molecule has 1 atom stereocenters. The maximum absolute atomic E-state index is 11.7. The summed E-state index contributed by atoms with van der Waals surface area (Å²) in [4.78, 5) is 11.7. The Hall–Kier alpha value is -0.300. The Labute approximate surface area is 119 Å². The molecule has 1 saturated heterocycles. The van der Waals surface area contributed by atoms with Gasteiger partial charge < -0.3 is 20.5 Å². The average molecular weight is 290 g/mol. The molecule has 0 aromatic heterocycles. The molecule has 112 valence electrons. The van der Waals surface area contributed by atoms with Crippen LogP contribution in [-0.4, -0.2) is 61.0 Å². The molecule has 19 heavy (non-hydrogen) atoms. The third kappa shape index (κ3) is 7.77. The van der Waals surface area contributed by atoms with Crippen molar-refractivity contribution in [1.29, 1.82) is 0 Å². The second kappa shape index (κ2) is 8.79. The van der Waals surface area contributed by atoms with E-state index in [0.29, 0.717) is 24.0 Å². The zero-order valence-electron chi connectivity index (χ0n) is 11.9. The van der Waals surface area contributed by atoms with E-state index in [1.807, 2.05) is 0 Å². The number of piperidine rings is 1. The highest BCUT2D eigenvalue weighted by Crippen LogP contribution is 2.19. The number of amides is 1. The van der Waals surface area contributed by atoms with Crippen LogP contribution in [0.4, 0.5) is 0 Å². The lowest BCUT2D eigenvalue weighted by atomic mass is 10.0. The molecule has 0 aliphatic carbocycles. The van der Waals surface area contributed by atoms with Crippen molar-refractivity contribution in [2.24, 2.45) is 0 Å². The van der Waals surface area contributed by atoms with Crippen molar-refractivity contribution in [3.63, 3.8) is 0 Å². The predicted octanol–water partition coefficient (Wildman–Crippen LogP) is 0.375. The van der Waals surface area contributed by atoms with Crippen molar-refractivity contribution >= 4 is 17.7 Å². The minimum absolute atomic E-state index is 0.00113. The van der Waals surface area contributed by atoms with Crippen molar-refractivity contribution < 1.29 is 14.6 Å². The molecule has 6 heteroatoms. The number of hydrogen-bond donors (Lipinski definition) is 3. The lowest BCUT2D eigenvalue weighted by Gasteiger charge is -2.24. The van der Waals surface area contributed by atoms with Crippen LogP contribution in [0.2, 0.25) is 0 Å². The molecule has 1 aliphatic rings. The molecule has 1 amide bonds. The van der Waals surface area contributed by atoms with Crippen molar-refractivity contribution in [1.82, 2.24) is 10.6 Å². The Morgan fingerprint density at radius 1 is 1.53 bits per heavy atom. The largest absolute Gasteiger partial charge is 0.388 e. The monoisotopic (exact) mass is 290 g/mol. The molecule has 0 aromatic rings. The van der Waals surface area contributed by atoms with Crippen LogP contribution in [0.15, 0.2) is 0 Å². The number of carbonyl (C=O) groups is 1. The van der Waals surface area contributed by atoms with Gasteiger partial charge in [0.15, 0.2) is 0 Å². The van der Waals surface area contributed by atoms with Crippen LogP contribution in [0, 0.1) is 0 Å². The van der Waals surface area contributed by atoms with Crippen LogP contribution in [0.25, 0.3) is 0 Å². The Kier molecular flexibility index (Phi) is 7.75. The summed E-state index contributed by atoms with van der Waals surface area (Å²) in [5, 5.41) is 16.7. The Balaban J connectivity index is 2.12. The molecule has 0 spiro atoms. The fraction of sp³-hybridized carbons (Fsp3) is 0.923. The van der Waals surface area contributed by atoms with Gasteiger partial charge >= 0.3 is 0 Å². The third-order valence-electron chi connectivity index (χ3n) is 3.25. The zero-order valence-corrected chi connectivity index (χ0v) is 12.7. The van der Waals surface area contributed by atoms with E-state index in [-0.39, 0.29) is 12.5 Å². The van der Waals surface area contributed by atoms with Crippen LogP contribution >= 0.6 is 11.8 Å². The first-order valence-corrected chi connectivity index (χ1v) is 7.89. The first-order chi connectivity index (χ1) is 9.03. The van der Waals surface area contributed by atoms with Crippen LogP contribution in [0.3, 0.4) is 0 Å². The second-order valence-electron chi connectivity index (χ2n) is 5.28. The Bertz CT molecular complexity index is 269.